The van der Waals surface area contributed by atoms with Gasteiger partial charge in [0.25, 0.3) is 0 Å². The van der Waals surface area contributed by atoms with Crippen LogP contribution >= 0.6 is 0 Å². The van der Waals surface area contributed by atoms with Crippen LogP contribution in [-0.4, -0.2) is 62.7 Å². The van der Waals surface area contributed by atoms with Gasteiger partial charge < -0.3 is 19.5 Å². The lowest BCUT2D eigenvalue weighted by Crippen LogP contribution is -2.30. The van der Waals surface area contributed by atoms with Gasteiger partial charge in [0.15, 0.2) is 0 Å². The van der Waals surface area contributed by atoms with E-state index in [0.29, 0.717) is 19.8 Å². The van der Waals surface area contributed by atoms with Crippen molar-refractivity contribution in [1.82, 2.24) is 4.90 Å². The molecule has 0 saturated carbocycles. The average Bonchev–Trinajstić information content (AvgIpc) is 2.40. The number of aliphatic hydroxyl groups is 1. The monoisotopic (exact) mass is 261 g/mol. The molecule has 1 N–H and O–H groups in total. The highest BCUT2D eigenvalue weighted by Crippen LogP contribution is 1.99. The van der Waals surface area contributed by atoms with Crippen molar-refractivity contribution in [3.05, 3.63) is 0 Å². The van der Waals surface area contributed by atoms with E-state index in [-0.39, 0.29) is 6.61 Å². The Morgan fingerprint density at radius 2 is 1.33 bits per heavy atom. The van der Waals surface area contributed by atoms with Crippen LogP contribution in [0.25, 0.3) is 0 Å². The Kier molecular flexibility index (Phi) is 14.8. The van der Waals surface area contributed by atoms with Gasteiger partial charge in [0, 0.05) is 6.54 Å². The summed E-state index contributed by atoms with van der Waals surface area (Å²) in [5.41, 5.74) is 0. The molecule has 0 saturated heterocycles. The van der Waals surface area contributed by atoms with Crippen molar-refractivity contribution >= 4 is 0 Å². The molecule has 4 heteroatoms. The van der Waals surface area contributed by atoms with E-state index in [1.54, 1.807) is 0 Å². The standard InChI is InChI=1S/C14H31NO3/c1-3-5-7-15(8-6-4-2)9-11-17-13-14-18-12-10-16/h16H,3-14H2,1-2H3. The van der Waals surface area contributed by atoms with Gasteiger partial charge in [-0.05, 0) is 25.9 Å². The zero-order chi connectivity index (χ0) is 13.5. The lowest BCUT2D eigenvalue weighted by Gasteiger charge is -2.21. The van der Waals surface area contributed by atoms with E-state index in [1.165, 1.54) is 38.8 Å². The van der Waals surface area contributed by atoms with Crippen LogP contribution in [0.2, 0.25) is 0 Å². The molecule has 0 aromatic carbocycles. The Morgan fingerprint density at radius 1 is 0.778 bits per heavy atom. The first kappa shape index (κ1) is 17.8. The van der Waals surface area contributed by atoms with Gasteiger partial charge in [-0.25, -0.2) is 0 Å². The lowest BCUT2D eigenvalue weighted by atomic mass is 10.2. The molecule has 0 radical (unpaired) electrons. The summed E-state index contributed by atoms with van der Waals surface area (Å²) in [7, 11) is 0. The number of rotatable bonds is 14. The molecule has 0 rings (SSSR count). The fourth-order valence-electron chi connectivity index (χ4n) is 1.68. The van der Waals surface area contributed by atoms with Gasteiger partial charge in [0.2, 0.25) is 0 Å². The van der Waals surface area contributed by atoms with E-state index in [2.05, 4.69) is 18.7 Å². The second-order valence-corrected chi connectivity index (χ2v) is 4.50. The molecule has 0 aromatic rings. The fraction of sp³-hybridized carbons (Fsp3) is 1.00. The molecule has 0 spiro atoms. The van der Waals surface area contributed by atoms with Crippen LogP contribution in [0.4, 0.5) is 0 Å². The molecule has 0 aromatic heterocycles. The number of ether oxygens (including phenoxy) is 2. The number of aliphatic hydroxyl groups excluding tert-OH is 1. The van der Waals surface area contributed by atoms with E-state index in [9.17, 15) is 0 Å². The number of hydrogen-bond acceptors (Lipinski definition) is 4. The normalized spacial score (nSPS) is 11.3. The molecule has 0 aliphatic heterocycles. The summed E-state index contributed by atoms with van der Waals surface area (Å²) in [6.45, 7) is 10.3. The molecule has 4 nitrogen and oxygen atoms in total. The quantitative estimate of drug-likeness (QED) is 0.485. The molecule has 0 aliphatic carbocycles. The Bertz CT molecular complexity index is 148. The third-order valence-electron chi connectivity index (χ3n) is 2.82. The highest BCUT2D eigenvalue weighted by molar-refractivity contribution is 4.57. The highest BCUT2D eigenvalue weighted by Gasteiger charge is 2.03. The van der Waals surface area contributed by atoms with Crippen molar-refractivity contribution in [2.45, 2.75) is 39.5 Å². The molecule has 0 atom stereocenters. The minimum absolute atomic E-state index is 0.0851. The summed E-state index contributed by atoms with van der Waals surface area (Å²) in [5.74, 6) is 0. The maximum Gasteiger partial charge on any atom is 0.0701 e. The maximum atomic E-state index is 8.53. The largest absolute Gasteiger partial charge is 0.394 e. The van der Waals surface area contributed by atoms with Gasteiger partial charge in [-0.2, -0.15) is 0 Å². The molecule has 0 heterocycles. The van der Waals surface area contributed by atoms with E-state index >= 15 is 0 Å². The van der Waals surface area contributed by atoms with Crippen molar-refractivity contribution < 1.29 is 14.6 Å². The van der Waals surface area contributed by atoms with E-state index in [4.69, 9.17) is 14.6 Å². The van der Waals surface area contributed by atoms with Gasteiger partial charge in [-0.15, -0.1) is 0 Å². The summed E-state index contributed by atoms with van der Waals surface area (Å²) >= 11 is 0. The Balaban J connectivity index is 3.43. The third kappa shape index (κ3) is 12.3. The molecule has 0 unspecified atom stereocenters. The second-order valence-electron chi connectivity index (χ2n) is 4.50. The molecular weight excluding hydrogens is 230 g/mol. The van der Waals surface area contributed by atoms with E-state index in [1.807, 2.05) is 0 Å². The predicted molar refractivity (Wildman–Crippen MR) is 75.0 cm³/mol. The molecule has 18 heavy (non-hydrogen) atoms. The first-order valence-electron chi connectivity index (χ1n) is 7.33. The van der Waals surface area contributed by atoms with Crippen LogP contribution in [0.3, 0.4) is 0 Å². The van der Waals surface area contributed by atoms with E-state index < -0.39 is 0 Å². The van der Waals surface area contributed by atoms with Crippen molar-refractivity contribution in [1.29, 1.82) is 0 Å². The first-order chi connectivity index (χ1) is 8.85. The van der Waals surface area contributed by atoms with Gasteiger partial charge in [0.1, 0.15) is 0 Å². The Morgan fingerprint density at radius 3 is 1.83 bits per heavy atom. The summed E-state index contributed by atoms with van der Waals surface area (Å²) in [6, 6.07) is 0. The van der Waals surface area contributed by atoms with Crippen molar-refractivity contribution in [2.24, 2.45) is 0 Å². The summed E-state index contributed by atoms with van der Waals surface area (Å²) in [5, 5.41) is 8.53. The van der Waals surface area contributed by atoms with Crippen molar-refractivity contribution in [2.75, 3.05) is 52.7 Å². The zero-order valence-electron chi connectivity index (χ0n) is 12.2. The summed E-state index contributed by atoms with van der Waals surface area (Å²) < 4.78 is 10.7. The zero-order valence-corrected chi connectivity index (χ0v) is 12.2. The van der Waals surface area contributed by atoms with Gasteiger partial charge in [0.05, 0.1) is 33.0 Å². The number of unbranched alkanes of at least 4 members (excludes halogenated alkanes) is 2. The molecule has 110 valence electrons. The van der Waals surface area contributed by atoms with Gasteiger partial charge in [-0.1, -0.05) is 26.7 Å². The fourth-order valence-corrected chi connectivity index (χ4v) is 1.68. The van der Waals surface area contributed by atoms with Crippen LogP contribution in [0.15, 0.2) is 0 Å². The lowest BCUT2D eigenvalue weighted by molar-refractivity contribution is 0.0263. The first-order valence-corrected chi connectivity index (χ1v) is 7.33. The average molecular weight is 261 g/mol. The minimum Gasteiger partial charge on any atom is -0.394 e. The molecule has 0 bridgehead atoms. The number of nitrogens with zero attached hydrogens (tertiary/aromatic N) is 1. The van der Waals surface area contributed by atoms with Crippen molar-refractivity contribution in [3.8, 4) is 0 Å². The minimum atomic E-state index is 0.0851. The van der Waals surface area contributed by atoms with Crippen molar-refractivity contribution in [3.63, 3.8) is 0 Å². The SMILES string of the molecule is CCCCN(CCCC)CCOCCOCCO. The highest BCUT2D eigenvalue weighted by atomic mass is 16.5. The maximum absolute atomic E-state index is 8.53. The molecule has 0 aliphatic rings. The Hall–Kier alpha value is -0.160. The molecule has 0 fully saturated rings. The predicted octanol–water partition coefficient (Wildman–Crippen LogP) is 1.91. The third-order valence-corrected chi connectivity index (χ3v) is 2.82. The number of hydrogen-bond donors (Lipinski definition) is 1. The van der Waals surface area contributed by atoms with Crippen LogP contribution in [0.5, 0.6) is 0 Å². The van der Waals surface area contributed by atoms with Crippen LogP contribution in [-0.2, 0) is 9.47 Å². The molecule has 0 amide bonds. The topological polar surface area (TPSA) is 41.9 Å². The molecular formula is C14H31NO3. The van der Waals surface area contributed by atoms with Crippen LogP contribution in [0, 0.1) is 0 Å². The summed E-state index contributed by atoms with van der Waals surface area (Å²) in [4.78, 5) is 2.49. The Labute approximate surface area is 112 Å². The van der Waals surface area contributed by atoms with Crippen LogP contribution < -0.4 is 0 Å². The second kappa shape index (κ2) is 14.9. The van der Waals surface area contributed by atoms with Crippen LogP contribution in [0.1, 0.15) is 39.5 Å². The van der Waals surface area contributed by atoms with Gasteiger partial charge in [-0.3, -0.25) is 0 Å². The smallest absolute Gasteiger partial charge is 0.0701 e. The summed E-state index contributed by atoms with van der Waals surface area (Å²) in [6.07, 6.45) is 5.03. The van der Waals surface area contributed by atoms with Gasteiger partial charge >= 0.3 is 0 Å². The van der Waals surface area contributed by atoms with E-state index in [0.717, 1.165) is 13.2 Å².